The zero-order valence-electron chi connectivity index (χ0n) is 10.9. The summed E-state index contributed by atoms with van der Waals surface area (Å²) in [5.74, 6) is -0.676. The summed E-state index contributed by atoms with van der Waals surface area (Å²) in [6, 6.07) is -0.624. The van der Waals surface area contributed by atoms with Crippen LogP contribution in [0.5, 0.6) is 0 Å². The van der Waals surface area contributed by atoms with Crippen molar-refractivity contribution in [3.63, 3.8) is 0 Å². The van der Waals surface area contributed by atoms with Gasteiger partial charge in [0, 0.05) is 11.1 Å². The molecule has 7 nitrogen and oxygen atoms in total. The van der Waals surface area contributed by atoms with Crippen molar-refractivity contribution >= 4 is 23.2 Å². The molecule has 5 N–H and O–H groups in total. The number of aromatic nitrogens is 1. The van der Waals surface area contributed by atoms with Crippen molar-refractivity contribution < 1.29 is 9.59 Å². The Morgan fingerprint density at radius 1 is 1.42 bits per heavy atom. The second-order valence-electron chi connectivity index (χ2n) is 4.44. The van der Waals surface area contributed by atoms with Crippen LogP contribution in [0.1, 0.15) is 19.5 Å². The number of hydrogen-bond donors (Lipinski definition) is 4. The lowest BCUT2D eigenvalue weighted by Crippen LogP contribution is -2.47. The number of carbonyl (C=O) groups excluding carboxylic acids is 2. The molecule has 1 atom stereocenters. The number of hydrogen-bond acceptors (Lipinski definition) is 5. The molecule has 0 radical (unpaired) electrons. The van der Waals surface area contributed by atoms with Crippen LogP contribution in [0, 0.1) is 5.92 Å². The van der Waals surface area contributed by atoms with E-state index in [2.05, 4.69) is 15.6 Å². The highest BCUT2D eigenvalue weighted by atomic mass is 32.1. The van der Waals surface area contributed by atoms with E-state index in [0.717, 1.165) is 11.3 Å². The number of nitrogens with two attached hydrogens (primary N) is 1. The second-order valence-corrected chi connectivity index (χ2v) is 5.28. The van der Waals surface area contributed by atoms with Gasteiger partial charge in [-0.3, -0.25) is 14.4 Å². The zero-order valence-corrected chi connectivity index (χ0v) is 11.7. The van der Waals surface area contributed by atoms with Crippen LogP contribution in [-0.4, -0.2) is 29.4 Å². The van der Waals surface area contributed by atoms with Gasteiger partial charge in [-0.15, -0.1) is 0 Å². The smallest absolute Gasteiger partial charge is 0.304 e. The van der Waals surface area contributed by atoms with Crippen LogP contribution in [-0.2, 0) is 16.1 Å². The fourth-order valence-electron chi connectivity index (χ4n) is 1.24. The van der Waals surface area contributed by atoms with Gasteiger partial charge in [0.05, 0.1) is 19.1 Å². The second kappa shape index (κ2) is 7.05. The standard InChI is InChI=1S/C11H18N4O3S/c1-6(2)9(12)10(17)14-4-8(16)13-3-7-5-19-11(18)15-7/h5-6,9H,3-4,12H2,1-2H3,(H,13,16)(H,14,17)(H,15,18)/t9-/m0/s1. The molecule has 1 heterocycles. The summed E-state index contributed by atoms with van der Waals surface area (Å²) in [7, 11) is 0. The van der Waals surface area contributed by atoms with E-state index in [-0.39, 0.29) is 35.7 Å². The molecule has 1 aromatic heterocycles. The summed E-state index contributed by atoms with van der Waals surface area (Å²) >= 11 is 1.03. The molecule has 0 aliphatic heterocycles. The Kier molecular flexibility index (Phi) is 5.71. The Bertz CT molecular complexity index is 494. The molecule has 0 saturated carbocycles. The molecular formula is C11H18N4O3S. The molecule has 0 aliphatic rings. The monoisotopic (exact) mass is 286 g/mol. The van der Waals surface area contributed by atoms with E-state index in [4.69, 9.17) is 5.73 Å². The topological polar surface area (TPSA) is 117 Å². The first kappa shape index (κ1) is 15.4. The third-order valence-electron chi connectivity index (χ3n) is 2.49. The minimum Gasteiger partial charge on any atom is -0.349 e. The summed E-state index contributed by atoms with van der Waals surface area (Å²) < 4.78 is 0. The van der Waals surface area contributed by atoms with Crippen molar-refractivity contribution in [3.8, 4) is 0 Å². The number of rotatable bonds is 6. The lowest BCUT2D eigenvalue weighted by molar-refractivity contribution is -0.127. The first-order valence-corrected chi connectivity index (χ1v) is 6.74. The summed E-state index contributed by atoms with van der Waals surface area (Å²) in [5, 5.41) is 6.67. The van der Waals surface area contributed by atoms with Crippen LogP contribution in [0.2, 0.25) is 0 Å². The van der Waals surface area contributed by atoms with Gasteiger partial charge >= 0.3 is 4.87 Å². The van der Waals surface area contributed by atoms with Crippen molar-refractivity contribution in [2.45, 2.75) is 26.4 Å². The molecule has 0 fully saturated rings. The van der Waals surface area contributed by atoms with E-state index < -0.39 is 6.04 Å². The Labute approximate surface area is 114 Å². The van der Waals surface area contributed by atoms with Crippen LogP contribution in [0.4, 0.5) is 0 Å². The van der Waals surface area contributed by atoms with Crippen molar-refractivity contribution in [2.75, 3.05) is 6.54 Å². The first-order valence-electron chi connectivity index (χ1n) is 5.87. The molecule has 19 heavy (non-hydrogen) atoms. The molecule has 2 amide bonds. The van der Waals surface area contributed by atoms with Crippen LogP contribution >= 0.6 is 11.3 Å². The lowest BCUT2D eigenvalue weighted by atomic mass is 10.1. The number of nitrogens with one attached hydrogen (secondary N) is 3. The minimum atomic E-state index is -0.624. The average molecular weight is 286 g/mol. The highest BCUT2D eigenvalue weighted by Crippen LogP contribution is 1.97. The molecule has 0 aromatic carbocycles. The molecular weight excluding hydrogens is 268 g/mol. The van der Waals surface area contributed by atoms with Gasteiger partial charge in [-0.05, 0) is 5.92 Å². The van der Waals surface area contributed by atoms with Crippen molar-refractivity contribution in [3.05, 3.63) is 20.7 Å². The van der Waals surface area contributed by atoms with Crippen molar-refractivity contribution in [1.29, 1.82) is 0 Å². The molecule has 0 unspecified atom stereocenters. The normalized spacial score (nSPS) is 12.2. The van der Waals surface area contributed by atoms with E-state index in [1.807, 2.05) is 13.8 Å². The van der Waals surface area contributed by atoms with E-state index in [0.29, 0.717) is 5.69 Å². The van der Waals surface area contributed by atoms with E-state index >= 15 is 0 Å². The predicted octanol–water partition coefficient (Wildman–Crippen LogP) is -0.848. The van der Waals surface area contributed by atoms with Crippen LogP contribution in [0.3, 0.4) is 0 Å². The van der Waals surface area contributed by atoms with Crippen molar-refractivity contribution in [2.24, 2.45) is 11.7 Å². The summed E-state index contributed by atoms with van der Waals surface area (Å²) in [6.45, 7) is 3.76. The van der Waals surface area contributed by atoms with Gasteiger partial charge < -0.3 is 21.4 Å². The third kappa shape index (κ3) is 5.23. The predicted molar refractivity (Wildman–Crippen MR) is 72.6 cm³/mol. The Hall–Kier alpha value is -1.67. The van der Waals surface area contributed by atoms with Crippen LogP contribution in [0.25, 0.3) is 0 Å². The summed E-state index contributed by atoms with van der Waals surface area (Å²) in [4.78, 5) is 36.2. The van der Waals surface area contributed by atoms with Crippen LogP contribution in [0.15, 0.2) is 10.2 Å². The number of amides is 2. The Balaban J connectivity index is 2.28. The molecule has 0 spiro atoms. The quantitative estimate of drug-likeness (QED) is 0.545. The molecule has 106 valence electrons. The number of carbonyl (C=O) groups is 2. The lowest BCUT2D eigenvalue weighted by Gasteiger charge is -2.15. The zero-order chi connectivity index (χ0) is 14.4. The molecule has 8 heteroatoms. The molecule has 0 aliphatic carbocycles. The average Bonchev–Trinajstić information content (AvgIpc) is 2.78. The number of aromatic amines is 1. The summed E-state index contributed by atoms with van der Waals surface area (Å²) in [6.07, 6.45) is 0. The van der Waals surface area contributed by atoms with Gasteiger partial charge in [0.1, 0.15) is 0 Å². The maximum absolute atomic E-state index is 11.5. The first-order chi connectivity index (χ1) is 8.90. The fraction of sp³-hybridized carbons (Fsp3) is 0.545. The highest BCUT2D eigenvalue weighted by Gasteiger charge is 2.17. The van der Waals surface area contributed by atoms with E-state index in [1.54, 1.807) is 5.38 Å². The molecule has 1 aromatic rings. The maximum Gasteiger partial charge on any atom is 0.304 e. The van der Waals surface area contributed by atoms with Gasteiger partial charge in [-0.2, -0.15) is 0 Å². The summed E-state index contributed by atoms with van der Waals surface area (Å²) in [5.41, 5.74) is 6.26. The van der Waals surface area contributed by atoms with Gasteiger partial charge in [0.15, 0.2) is 0 Å². The largest absolute Gasteiger partial charge is 0.349 e. The number of H-pyrrole nitrogens is 1. The van der Waals surface area contributed by atoms with Gasteiger partial charge in [0.2, 0.25) is 11.8 Å². The van der Waals surface area contributed by atoms with Gasteiger partial charge in [-0.1, -0.05) is 25.2 Å². The van der Waals surface area contributed by atoms with Gasteiger partial charge in [-0.25, -0.2) is 0 Å². The van der Waals surface area contributed by atoms with Gasteiger partial charge in [0.25, 0.3) is 0 Å². The Morgan fingerprint density at radius 2 is 2.11 bits per heavy atom. The van der Waals surface area contributed by atoms with Crippen molar-refractivity contribution in [1.82, 2.24) is 15.6 Å². The SMILES string of the molecule is CC(C)[C@H](N)C(=O)NCC(=O)NCc1csc(=O)[nH]1. The third-order valence-corrected chi connectivity index (χ3v) is 3.21. The molecule has 1 rings (SSSR count). The number of thiazole rings is 1. The van der Waals surface area contributed by atoms with E-state index in [1.165, 1.54) is 0 Å². The fourth-order valence-corrected chi connectivity index (χ4v) is 1.83. The molecule has 0 bridgehead atoms. The van der Waals surface area contributed by atoms with E-state index in [9.17, 15) is 14.4 Å². The minimum absolute atomic E-state index is 0.0129. The Morgan fingerprint density at radius 3 is 2.63 bits per heavy atom. The maximum atomic E-state index is 11.5. The molecule has 0 saturated heterocycles. The highest BCUT2D eigenvalue weighted by molar-refractivity contribution is 7.07. The van der Waals surface area contributed by atoms with Crippen LogP contribution < -0.4 is 21.2 Å².